The molecule has 0 spiro atoms. The molecular weight excluding hydrogens is 238 g/mol. The monoisotopic (exact) mass is 261 g/mol. The van der Waals surface area contributed by atoms with Crippen molar-refractivity contribution in [3.8, 4) is 6.07 Å². The fourth-order valence-corrected chi connectivity index (χ4v) is 2.17. The maximum absolute atomic E-state index is 9.26. The molecule has 4 heteroatoms. The predicted molar refractivity (Wildman–Crippen MR) is 78.1 cm³/mol. The average Bonchev–Trinajstić information content (AvgIpc) is 2.43. The van der Waals surface area contributed by atoms with E-state index in [1.54, 1.807) is 0 Å². The van der Waals surface area contributed by atoms with Crippen LogP contribution in [0.4, 0.5) is 5.69 Å². The van der Waals surface area contributed by atoms with Gasteiger partial charge in [0.25, 0.3) is 0 Å². The number of hydrogen-bond donors (Lipinski definition) is 1. The first kappa shape index (κ1) is 15.5. The minimum absolute atomic E-state index is 0.0617. The molecule has 0 amide bonds. The molecule has 1 rings (SSSR count). The lowest BCUT2D eigenvalue weighted by molar-refractivity contribution is 0.203. The van der Waals surface area contributed by atoms with E-state index in [1.165, 1.54) is 5.69 Å². The summed E-state index contributed by atoms with van der Waals surface area (Å²) in [5.74, 6) is 0. The van der Waals surface area contributed by atoms with Crippen molar-refractivity contribution in [3.63, 3.8) is 0 Å². The van der Waals surface area contributed by atoms with Crippen LogP contribution in [0.5, 0.6) is 0 Å². The quantitative estimate of drug-likeness (QED) is 0.816. The average molecular weight is 261 g/mol. The molecule has 1 aromatic rings. The first-order valence-electron chi connectivity index (χ1n) is 6.73. The third kappa shape index (κ3) is 3.95. The molecule has 0 saturated carbocycles. The Kier molecular flexibility index (Phi) is 6.34. The number of nitrogens with zero attached hydrogens (tertiary/aromatic N) is 3. The van der Waals surface area contributed by atoms with E-state index in [-0.39, 0.29) is 12.6 Å². The highest BCUT2D eigenvalue weighted by molar-refractivity contribution is 5.48. The maximum Gasteiger partial charge on any atom is 0.123 e. The van der Waals surface area contributed by atoms with Gasteiger partial charge in [-0.2, -0.15) is 5.26 Å². The molecule has 0 aliphatic carbocycles. The Balaban J connectivity index is 2.87. The Morgan fingerprint density at radius 1 is 1.21 bits per heavy atom. The molecule has 104 valence electrons. The van der Waals surface area contributed by atoms with Crippen LogP contribution in [-0.2, 0) is 0 Å². The summed E-state index contributed by atoms with van der Waals surface area (Å²) in [6.45, 7) is 6.77. The highest BCUT2D eigenvalue weighted by Gasteiger charge is 2.15. The normalized spacial score (nSPS) is 12.2. The van der Waals surface area contributed by atoms with Crippen LogP contribution in [0.3, 0.4) is 0 Å². The van der Waals surface area contributed by atoms with Gasteiger partial charge in [0.15, 0.2) is 0 Å². The largest absolute Gasteiger partial charge is 0.395 e. The van der Waals surface area contributed by atoms with Crippen LogP contribution in [0.15, 0.2) is 24.3 Å². The van der Waals surface area contributed by atoms with Crippen molar-refractivity contribution < 1.29 is 5.11 Å². The first-order valence-corrected chi connectivity index (χ1v) is 6.73. The number of aliphatic hydroxyl groups excluding tert-OH is 1. The molecule has 19 heavy (non-hydrogen) atoms. The minimum atomic E-state index is -0.307. The summed E-state index contributed by atoms with van der Waals surface area (Å²) in [5, 5.41) is 18.2. The molecule has 0 aromatic heterocycles. The number of benzene rings is 1. The highest BCUT2D eigenvalue weighted by Crippen LogP contribution is 2.22. The Bertz CT molecular complexity index is 406. The first-order chi connectivity index (χ1) is 9.17. The van der Waals surface area contributed by atoms with Gasteiger partial charge in [-0.05, 0) is 38.6 Å². The Morgan fingerprint density at radius 3 is 2.21 bits per heavy atom. The van der Waals surface area contributed by atoms with Crippen molar-refractivity contribution in [1.29, 1.82) is 5.26 Å². The summed E-state index contributed by atoms with van der Waals surface area (Å²) in [7, 11) is 1.85. The topological polar surface area (TPSA) is 50.5 Å². The second-order valence-electron chi connectivity index (χ2n) is 4.50. The van der Waals surface area contributed by atoms with Gasteiger partial charge in [-0.3, -0.25) is 4.90 Å². The molecule has 1 aromatic carbocycles. The van der Waals surface area contributed by atoms with Gasteiger partial charge in [0.1, 0.15) is 6.04 Å². The molecular formula is C15H23N3O. The summed E-state index contributed by atoms with van der Waals surface area (Å²) in [6.07, 6.45) is 0. The van der Waals surface area contributed by atoms with Gasteiger partial charge in [0, 0.05) is 25.3 Å². The number of nitriles is 1. The van der Waals surface area contributed by atoms with E-state index < -0.39 is 0 Å². The number of likely N-dealkylation sites (N-methyl/N-ethyl adjacent to an activating group) is 1. The van der Waals surface area contributed by atoms with Crippen molar-refractivity contribution in [3.05, 3.63) is 29.8 Å². The fourth-order valence-electron chi connectivity index (χ4n) is 2.17. The van der Waals surface area contributed by atoms with Crippen molar-refractivity contribution in [2.75, 3.05) is 38.2 Å². The SMILES string of the molecule is CCN(CC)c1ccc(C(C#N)N(C)CCO)cc1. The van der Waals surface area contributed by atoms with Gasteiger partial charge in [0.2, 0.25) is 0 Å². The van der Waals surface area contributed by atoms with Gasteiger partial charge in [-0.15, -0.1) is 0 Å². The smallest absolute Gasteiger partial charge is 0.123 e. The molecule has 1 N–H and O–H groups in total. The Hall–Kier alpha value is -1.57. The second-order valence-corrected chi connectivity index (χ2v) is 4.50. The van der Waals surface area contributed by atoms with Gasteiger partial charge in [0.05, 0.1) is 12.7 Å². The summed E-state index contributed by atoms with van der Waals surface area (Å²) < 4.78 is 0. The zero-order valence-corrected chi connectivity index (χ0v) is 12.0. The lowest BCUT2D eigenvalue weighted by Crippen LogP contribution is -2.26. The standard InChI is InChI=1S/C15H23N3O/c1-4-18(5-2)14-8-6-13(7-9-14)15(12-16)17(3)10-11-19/h6-9,15,19H,4-5,10-11H2,1-3H3. The number of anilines is 1. The van der Waals surface area contributed by atoms with E-state index in [2.05, 4.69) is 36.9 Å². The molecule has 0 fully saturated rings. The number of hydrogen-bond acceptors (Lipinski definition) is 4. The zero-order chi connectivity index (χ0) is 14.3. The summed E-state index contributed by atoms with van der Waals surface area (Å²) in [5.41, 5.74) is 2.14. The van der Waals surface area contributed by atoms with Crippen LogP contribution in [-0.4, -0.2) is 43.3 Å². The van der Waals surface area contributed by atoms with Crippen LogP contribution < -0.4 is 4.90 Å². The lowest BCUT2D eigenvalue weighted by atomic mass is 10.1. The third-order valence-electron chi connectivity index (χ3n) is 3.35. The van der Waals surface area contributed by atoms with Crippen LogP contribution in [0.25, 0.3) is 0 Å². The van der Waals surface area contributed by atoms with Crippen molar-refractivity contribution >= 4 is 5.69 Å². The van der Waals surface area contributed by atoms with Crippen LogP contribution >= 0.6 is 0 Å². The summed E-state index contributed by atoms with van der Waals surface area (Å²) >= 11 is 0. The van der Waals surface area contributed by atoms with E-state index in [4.69, 9.17) is 5.11 Å². The van der Waals surface area contributed by atoms with Gasteiger partial charge in [-0.1, -0.05) is 12.1 Å². The van der Waals surface area contributed by atoms with Gasteiger partial charge >= 0.3 is 0 Å². The van der Waals surface area contributed by atoms with E-state index in [0.717, 1.165) is 18.7 Å². The molecule has 0 aliphatic rings. The number of aliphatic hydroxyl groups is 1. The maximum atomic E-state index is 9.26. The van der Waals surface area contributed by atoms with Crippen LogP contribution in [0.1, 0.15) is 25.5 Å². The molecule has 1 atom stereocenters. The Morgan fingerprint density at radius 2 is 1.79 bits per heavy atom. The molecule has 0 aliphatic heterocycles. The summed E-state index contributed by atoms with van der Waals surface area (Å²) in [4.78, 5) is 4.12. The van der Waals surface area contributed by atoms with Gasteiger partial charge in [-0.25, -0.2) is 0 Å². The van der Waals surface area contributed by atoms with Crippen LogP contribution in [0.2, 0.25) is 0 Å². The minimum Gasteiger partial charge on any atom is -0.395 e. The second kappa shape index (κ2) is 7.78. The summed E-state index contributed by atoms with van der Waals surface area (Å²) in [6, 6.07) is 10.1. The fraction of sp³-hybridized carbons (Fsp3) is 0.533. The zero-order valence-electron chi connectivity index (χ0n) is 12.0. The van der Waals surface area contributed by atoms with Crippen molar-refractivity contribution in [2.45, 2.75) is 19.9 Å². The highest BCUT2D eigenvalue weighted by atomic mass is 16.3. The van der Waals surface area contributed by atoms with E-state index in [1.807, 2.05) is 24.1 Å². The van der Waals surface area contributed by atoms with Crippen LogP contribution in [0, 0.1) is 11.3 Å². The van der Waals surface area contributed by atoms with E-state index >= 15 is 0 Å². The van der Waals surface area contributed by atoms with E-state index in [0.29, 0.717) is 6.54 Å². The molecule has 0 radical (unpaired) electrons. The molecule has 0 heterocycles. The number of rotatable bonds is 7. The Labute approximate surface area is 115 Å². The van der Waals surface area contributed by atoms with Gasteiger partial charge < -0.3 is 10.0 Å². The molecule has 0 bridgehead atoms. The third-order valence-corrected chi connectivity index (χ3v) is 3.35. The molecule has 0 saturated heterocycles. The predicted octanol–water partition coefficient (Wildman–Crippen LogP) is 2.02. The van der Waals surface area contributed by atoms with Crippen molar-refractivity contribution in [2.24, 2.45) is 0 Å². The lowest BCUT2D eigenvalue weighted by Gasteiger charge is -2.24. The van der Waals surface area contributed by atoms with E-state index in [9.17, 15) is 5.26 Å². The van der Waals surface area contributed by atoms with Crippen molar-refractivity contribution in [1.82, 2.24) is 4.90 Å². The molecule has 1 unspecified atom stereocenters. The molecule has 4 nitrogen and oxygen atoms in total.